The molecule has 0 radical (unpaired) electrons. The highest BCUT2D eigenvalue weighted by molar-refractivity contribution is 5.84. The average molecular weight is 405 g/mol. The van der Waals surface area contributed by atoms with E-state index in [4.69, 9.17) is 9.47 Å². The van der Waals surface area contributed by atoms with Crippen LogP contribution in [0.4, 0.5) is 0 Å². The van der Waals surface area contributed by atoms with E-state index >= 15 is 0 Å². The predicted octanol–water partition coefficient (Wildman–Crippen LogP) is 3.76. The molecule has 5 heteroatoms. The smallest absolute Gasteiger partial charge is 0.222 e. The van der Waals surface area contributed by atoms with E-state index in [2.05, 4.69) is 46.6 Å². The molecule has 3 aromatic rings. The number of rotatable bonds is 7. The van der Waals surface area contributed by atoms with Gasteiger partial charge in [-0.2, -0.15) is 0 Å². The minimum atomic E-state index is -0.0634. The van der Waals surface area contributed by atoms with Gasteiger partial charge in [0, 0.05) is 26.2 Å². The van der Waals surface area contributed by atoms with Crippen molar-refractivity contribution in [2.24, 2.45) is 0 Å². The summed E-state index contributed by atoms with van der Waals surface area (Å²) in [5.41, 5.74) is 2.37. The molecule has 0 saturated carbocycles. The van der Waals surface area contributed by atoms with Gasteiger partial charge < -0.3 is 14.8 Å². The Morgan fingerprint density at radius 1 is 1.07 bits per heavy atom. The van der Waals surface area contributed by atoms with Gasteiger partial charge in [0.05, 0.1) is 26.2 Å². The molecule has 0 aliphatic carbocycles. The maximum atomic E-state index is 12.5. The van der Waals surface area contributed by atoms with Gasteiger partial charge in [-0.3, -0.25) is 9.69 Å². The Balaban J connectivity index is 1.27. The second-order valence-corrected chi connectivity index (χ2v) is 7.74. The SMILES string of the molecule is COc1ccc2cc(CNC(=O)CC3CN(Cc4ccccc4)CCO3)ccc2c1. The number of amides is 1. The number of nitrogens with zero attached hydrogens (tertiary/aromatic N) is 1. The van der Waals surface area contributed by atoms with Gasteiger partial charge >= 0.3 is 0 Å². The summed E-state index contributed by atoms with van der Waals surface area (Å²) in [6, 6.07) is 22.6. The van der Waals surface area contributed by atoms with Gasteiger partial charge in [-0.25, -0.2) is 0 Å². The third kappa shape index (κ3) is 5.38. The Kier molecular flexibility index (Phi) is 6.62. The Labute approximate surface area is 177 Å². The molecule has 1 aliphatic rings. The van der Waals surface area contributed by atoms with Crippen LogP contribution in [0.3, 0.4) is 0 Å². The van der Waals surface area contributed by atoms with E-state index in [0.717, 1.165) is 41.7 Å². The van der Waals surface area contributed by atoms with Gasteiger partial charge in [-0.15, -0.1) is 0 Å². The van der Waals surface area contributed by atoms with E-state index in [1.165, 1.54) is 5.56 Å². The molecule has 1 saturated heterocycles. The first-order valence-corrected chi connectivity index (χ1v) is 10.4. The first-order chi connectivity index (χ1) is 14.7. The van der Waals surface area contributed by atoms with Crippen LogP contribution in [0.1, 0.15) is 17.5 Å². The first-order valence-electron chi connectivity index (χ1n) is 10.4. The highest BCUT2D eigenvalue weighted by Crippen LogP contribution is 2.22. The normalized spacial score (nSPS) is 17.0. The molecule has 1 unspecified atom stereocenters. The zero-order chi connectivity index (χ0) is 20.8. The predicted molar refractivity (Wildman–Crippen MR) is 118 cm³/mol. The number of hydrogen-bond acceptors (Lipinski definition) is 4. The van der Waals surface area contributed by atoms with Crippen molar-refractivity contribution in [2.45, 2.75) is 25.6 Å². The molecule has 3 aromatic carbocycles. The van der Waals surface area contributed by atoms with Crippen molar-refractivity contribution in [3.05, 3.63) is 77.9 Å². The Bertz CT molecular complexity index is 990. The lowest BCUT2D eigenvalue weighted by molar-refractivity contribution is -0.126. The summed E-state index contributed by atoms with van der Waals surface area (Å²) in [4.78, 5) is 14.8. The van der Waals surface area contributed by atoms with Crippen molar-refractivity contribution < 1.29 is 14.3 Å². The third-order valence-corrected chi connectivity index (χ3v) is 5.49. The second kappa shape index (κ2) is 9.74. The van der Waals surface area contributed by atoms with Crippen molar-refractivity contribution in [1.29, 1.82) is 0 Å². The number of nitrogens with one attached hydrogen (secondary N) is 1. The van der Waals surface area contributed by atoms with Crippen LogP contribution >= 0.6 is 0 Å². The van der Waals surface area contributed by atoms with Crippen molar-refractivity contribution in [2.75, 3.05) is 26.8 Å². The van der Waals surface area contributed by atoms with Crippen molar-refractivity contribution in [3.8, 4) is 5.75 Å². The molecule has 4 rings (SSSR count). The quantitative estimate of drug-likeness (QED) is 0.652. The zero-order valence-corrected chi connectivity index (χ0v) is 17.3. The molecule has 1 heterocycles. The monoisotopic (exact) mass is 404 g/mol. The fraction of sp³-hybridized carbons (Fsp3) is 0.320. The highest BCUT2D eigenvalue weighted by atomic mass is 16.5. The molecule has 1 atom stereocenters. The molecular formula is C25H28N2O3. The van der Waals surface area contributed by atoms with Crippen LogP contribution in [-0.2, 0) is 22.6 Å². The molecule has 0 aromatic heterocycles. The summed E-state index contributed by atoms with van der Waals surface area (Å²) in [5, 5.41) is 5.29. The Hall–Kier alpha value is -2.89. The zero-order valence-electron chi connectivity index (χ0n) is 17.3. The molecule has 1 aliphatic heterocycles. The van der Waals surface area contributed by atoms with E-state index in [1.54, 1.807) is 7.11 Å². The molecule has 5 nitrogen and oxygen atoms in total. The molecule has 1 N–H and O–H groups in total. The van der Waals surface area contributed by atoms with Crippen molar-refractivity contribution >= 4 is 16.7 Å². The minimum Gasteiger partial charge on any atom is -0.497 e. The third-order valence-electron chi connectivity index (χ3n) is 5.49. The maximum Gasteiger partial charge on any atom is 0.222 e. The van der Waals surface area contributed by atoms with Gasteiger partial charge in [0.2, 0.25) is 5.91 Å². The fourth-order valence-electron chi connectivity index (χ4n) is 3.88. The van der Waals surface area contributed by atoms with Crippen LogP contribution in [0, 0.1) is 0 Å². The number of fused-ring (bicyclic) bond motifs is 1. The first kappa shape index (κ1) is 20.4. The van der Waals surface area contributed by atoms with Gasteiger partial charge in [0.25, 0.3) is 0 Å². The van der Waals surface area contributed by atoms with E-state index in [0.29, 0.717) is 19.6 Å². The van der Waals surface area contributed by atoms with Gasteiger partial charge in [0.15, 0.2) is 0 Å². The van der Waals surface area contributed by atoms with Crippen LogP contribution in [-0.4, -0.2) is 43.7 Å². The number of methoxy groups -OCH3 is 1. The largest absolute Gasteiger partial charge is 0.497 e. The number of hydrogen-bond donors (Lipinski definition) is 1. The summed E-state index contributed by atoms with van der Waals surface area (Å²) >= 11 is 0. The summed E-state index contributed by atoms with van der Waals surface area (Å²) in [6.07, 6.45) is 0.322. The molecular weight excluding hydrogens is 376 g/mol. The van der Waals surface area contributed by atoms with Crippen LogP contribution in [0.5, 0.6) is 5.75 Å². The number of ether oxygens (including phenoxy) is 2. The summed E-state index contributed by atoms with van der Waals surface area (Å²) in [7, 11) is 1.67. The number of morpholine rings is 1. The Morgan fingerprint density at radius 3 is 2.70 bits per heavy atom. The lowest BCUT2D eigenvalue weighted by Crippen LogP contribution is -2.44. The number of carbonyl (C=O) groups is 1. The van der Waals surface area contributed by atoms with Gasteiger partial charge in [-0.05, 0) is 40.1 Å². The standard InChI is InChI=1S/C25H28N2O3/c1-29-23-10-9-21-13-20(7-8-22(21)14-23)16-26-25(28)15-24-18-27(11-12-30-24)17-19-5-3-2-4-6-19/h2-10,13-14,24H,11-12,15-18H2,1H3,(H,26,28). The number of benzene rings is 3. The maximum absolute atomic E-state index is 12.5. The van der Waals surface area contributed by atoms with E-state index in [-0.39, 0.29) is 12.0 Å². The topological polar surface area (TPSA) is 50.8 Å². The van der Waals surface area contributed by atoms with E-state index < -0.39 is 0 Å². The lowest BCUT2D eigenvalue weighted by Gasteiger charge is -2.32. The summed E-state index contributed by atoms with van der Waals surface area (Å²) in [6.45, 7) is 3.75. The fourth-order valence-corrected chi connectivity index (χ4v) is 3.88. The molecule has 156 valence electrons. The molecule has 1 fully saturated rings. The second-order valence-electron chi connectivity index (χ2n) is 7.74. The lowest BCUT2D eigenvalue weighted by atomic mass is 10.1. The van der Waals surface area contributed by atoms with Crippen LogP contribution < -0.4 is 10.1 Å². The Morgan fingerprint density at radius 2 is 1.87 bits per heavy atom. The molecule has 0 spiro atoms. The van der Waals surface area contributed by atoms with Gasteiger partial charge in [-0.1, -0.05) is 48.5 Å². The summed E-state index contributed by atoms with van der Waals surface area (Å²) in [5.74, 6) is 0.869. The molecule has 0 bridgehead atoms. The van der Waals surface area contributed by atoms with Crippen molar-refractivity contribution in [3.63, 3.8) is 0 Å². The van der Waals surface area contributed by atoms with E-state index in [1.807, 2.05) is 30.3 Å². The van der Waals surface area contributed by atoms with Crippen LogP contribution in [0.2, 0.25) is 0 Å². The van der Waals surface area contributed by atoms with Crippen LogP contribution in [0.25, 0.3) is 10.8 Å². The highest BCUT2D eigenvalue weighted by Gasteiger charge is 2.22. The number of carbonyl (C=O) groups excluding carboxylic acids is 1. The van der Waals surface area contributed by atoms with Crippen LogP contribution in [0.15, 0.2) is 66.7 Å². The van der Waals surface area contributed by atoms with Gasteiger partial charge in [0.1, 0.15) is 5.75 Å². The molecule has 1 amide bonds. The average Bonchev–Trinajstić information content (AvgIpc) is 2.78. The van der Waals surface area contributed by atoms with E-state index in [9.17, 15) is 4.79 Å². The van der Waals surface area contributed by atoms with Crippen molar-refractivity contribution in [1.82, 2.24) is 10.2 Å². The molecule has 30 heavy (non-hydrogen) atoms. The minimum absolute atomic E-state index is 0.0244. The summed E-state index contributed by atoms with van der Waals surface area (Å²) < 4.78 is 11.1.